The molecule has 0 saturated carbocycles. The zero-order valence-corrected chi connectivity index (χ0v) is 14.5. The molecule has 6 heteroatoms. The first kappa shape index (κ1) is 18.0. The van der Waals surface area contributed by atoms with Crippen molar-refractivity contribution in [1.29, 1.82) is 5.26 Å². The molecule has 0 unspecified atom stereocenters. The Morgan fingerprint density at radius 2 is 2.08 bits per heavy atom. The number of methoxy groups -OCH3 is 1. The summed E-state index contributed by atoms with van der Waals surface area (Å²) >= 11 is 1.73. The van der Waals surface area contributed by atoms with E-state index < -0.39 is 0 Å². The van der Waals surface area contributed by atoms with Gasteiger partial charge in [0.1, 0.15) is 11.8 Å². The first-order chi connectivity index (χ1) is 11.6. The number of nitriles is 1. The minimum Gasteiger partial charge on any atom is -0.384 e. The molecule has 0 saturated heterocycles. The molecular formula is C18H19N3O2S. The van der Waals surface area contributed by atoms with Gasteiger partial charge in [-0.05, 0) is 36.8 Å². The van der Waals surface area contributed by atoms with Crippen molar-refractivity contribution in [1.82, 2.24) is 10.3 Å². The molecule has 5 nitrogen and oxygen atoms in total. The van der Waals surface area contributed by atoms with E-state index in [0.29, 0.717) is 11.3 Å². The van der Waals surface area contributed by atoms with Crippen LogP contribution in [-0.4, -0.2) is 30.4 Å². The number of amides is 1. The smallest absolute Gasteiger partial charge is 0.270 e. The molecule has 0 aliphatic carbocycles. The summed E-state index contributed by atoms with van der Waals surface area (Å²) in [6, 6.07) is 13.1. The largest absolute Gasteiger partial charge is 0.384 e. The van der Waals surface area contributed by atoms with Crippen molar-refractivity contribution in [2.75, 3.05) is 19.5 Å². The van der Waals surface area contributed by atoms with E-state index >= 15 is 0 Å². The molecule has 0 spiro atoms. The second-order valence-electron chi connectivity index (χ2n) is 5.15. The Hall–Kier alpha value is -2.36. The highest BCUT2D eigenvalue weighted by Gasteiger charge is 2.12. The average Bonchev–Trinajstić information content (AvgIpc) is 2.62. The topological polar surface area (TPSA) is 75.0 Å². The number of hydrogen-bond acceptors (Lipinski definition) is 5. The summed E-state index contributed by atoms with van der Waals surface area (Å²) in [4.78, 5) is 17.4. The minimum atomic E-state index is -0.259. The van der Waals surface area contributed by atoms with E-state index in [1.807, 2.05) is 37.3 Å². The van der Waals surface area contributed by atoms with E-state index in [2.05, 4.69) is 10.3 Å². The molecule has 1 aromatic carbocycles. The van der Waals surface area contributed by atoms with Crippen LogP contribution >= 0.6 is 11.8 Å². The number of thioether (sulfide) groups is 1. The van der Waals surface area contributed by atoms with Gasteiger partial charge in [0.25, 0.3) is 5.91 Å². The van der Waals surface area contributed by atoms with E-state index in [0.717, 1.165) is 17.9 Å². The first-order valence-electron chi connectivity index (χ1n) is 7.52. The lowest BCUT2D eigenvalue weighted by molar-refractivity contribution is 0.0935. The number of carbonyl (C=O) groups excluding carboxylic acids is 1. The lowest BCUT2D eigenvalue weighted by Gasteiger charge is -2.14. The number of ether oxygens (including phenoxy) is 1. The summed E-state index contributed by atoms with van der Waals surface area (Å²) in [5.74, 6) is 0.650. The fourth-order valence-corrected chi connectivity index (χ4v) is 2.86. The molecule has 0 bridgehead atoms. The SMILES string of the molecule is COCCSc1ccc([C@@H](C)NC(=O)c2ccc(C#N)cn2)cc1. The quantitative estimate of drug-likeness (QED) is 0.618. The maximum atomic E-state index is 12.2. The molecule has 2 rings (SSSR count). The molecule has 0 aliphatic rings. The van der Waals surface area contributed by atoms with E-state index in [1.165, 1.54) is 11.1 Å². The summed E-state index contributed by atoms with van der Waals surface area (Å²) in [7, 11) is 1.69. The highest BCUT2D eigenvalue weighted by molar-refractivity contribution is 7.99. The summed E-state index contributed by atoms with van der Waals surface area (Å²) in [6.45, 7) is 2.64. The van der Waals surface area contributed by atoms with Gasteiger partial charge in [-0.15, -0.1) is 11.8 Å². The van der Waals surface area contributed by atoms with Crippen LogP contribution in [0.2, 0.25) is 0 Å². The average molecular weight is 341 g/mol. The predicted octanol–water partition coefficient (Wildman–Crippen LogP) is 3.18. The molecule has 1 N–H and O–H groups in total. The van der Waals surface area contributed by atoms with Crippen LogP contribution in [0.15, 0.2) is 47.5 Å². The Labute approximate surface area is 146 Å². The third kappa shape index (κ3) is 5.08. The molecule has 124 valence electrons. The fourth-order valence-electron chi connectivity index (χ4n) is 2.04. The van der Waals surface area contributed by atoms with Crippen LogP contribution in [0.1, 0.15) is 34.6 Å². The third-order valence-electron chi connectivity index (χ3n) is 3.41. The molecule has 0 fully saturated rings. The van der Waals surface area contributed by atoms with Crippen LogP contribution in [0.5, 0.6) is 0 Å². The molecule has 24 heavy (non-hydrogen) atoms. The number of nitrogens with zero attached hydrogens (tertiary/aromatic N) is 2. The Morgan fingerprint density at radius 3 is 2.67 bits per heavy atom. The Bertz CT molecular complexity index is 709. The van der Waals surface area contributed by atoms with Crippen molar-refractivity contribution < 1.29 is 9.53 Å². The molecule has 1 atom stereocenters. The Balaban J connectivity index is 1.94. The van der Waals surface area contributed by atoms with Gasteiger partial charge < -0.3 is 10.1 Å². The van der Waals surface area contributed by atoms with Crippen molar-refractivity contribution in [3.63, 3.8) is 0 Å². The number of aromatic nitrogens is 1. The van der Waals surface area contributed by atoms with Crippen LogP contribution < -0.4 is 5.32 Å². The predicted molar refractivity (Wildman–Crippen MR) is 93.9 cm³/mol. The second kappa shape index (κ2) is 9.06. The van der Waals surface area contributed by atoms with Crippen molar-refractivity contribution in [2.24, 2.45) is 0 Å². The number of pyridine rings is 1. The van der Waals surface area contributed by atoms with E-state index in [1.54, 1.807) is 31.0 Å². The summed E-state index contributed by atoms with van der Waals surface area (Å²) < 4.78 is 5.03. The summed E-state index contributed by atoms with van der Waals surface area (Å²) in [5.41, 5.74) is 1.75. The Morgan fingerprint density at radius 1 is 1.33 bits per heavy atom. The van der Waals surface area contributed by atoms with Crippen molar-refractivity contribution in [2.45, 2.75) is 17.9 Å². The standard InChI is InChI=1S/C18H19N3O2S/c1-13(15-4-6-16(7-5-15)24-10-9-23-2)21-18(22)17-8-3-14(11-19)12-20-17/h3-8,12-13H,9-10H2,1-2H3,(H,21,22)/t13-/m1/s1. The molecule has 1 aromatic heterocycles. The monoisotopic (exact) mass is 341 g/mol. The zero-order chi connectivity index (χ0) is 17.4. The lowest BCUT2D eigenvalue weighted by Crippen LogP contribution is -2.27. The molecular weight excluding hydrogens is 322 g/mol. The maximum Gasteiger partial charge on any atom is 0.270 e. The second-order valence-corrected chi connectivity index (χ2v) is 6.32. The van der Waals surface area contributed by atoms with Gasteiger partial charge >= 0.3 is 0 Å². The third-order valence-corrected chi connectivity index (χ3v) is 4.39. The van der Waals surface area contributed by atoms with E-state index in [9.17, 15) is 4.79 Å². The van der Waals surface area contributed by atoms with Crippen LogP contribution in [0.4, 0.5) is 0 Å². The van der Waals surface area contributed by atoms with Crippen LogP contribution in [0.25, 0.3) is 0 Å². The van der Waals surface area contributed by atoms with Gasteiger partial charge in [0.2, 0.25) is 0 Å². The summed E-state index contributed by atoms with van der Waals surface area (Å²) in [5, 5.41) is 11.7. The molecule has 0 aliphatic heterocycles. The van der Waals surface area contributed by atoms with Gasteiger partial charge in [0.15, 0.2) is 0 Å². The molecule has 2 aromatic rings. The van der Waals surface area contributed by atoms with Crippen molar-refractivity contribution in [3.05, 3.63) is 59.4 Å². The van der Waals surface area contributed by atoms with Crippen LogP contribution in [-0.2, 0) is 4.74 Å². The van der Waals surface area contributed by atoms with Crippen molar-refractivity contribution >= 4 is 17.7 Å². The minimum absolute atomic E-state index is 0.132. The number of nitrogens with one attached hydrogen (secondary N) is 1. The number of rotatable bonds is 7. The van der Waals surface area contributed by atoms with Gasteiger partial charge in [-0.1, -0.05) is 12.1 Å². The van der Waals surface area contributed by atoms with E-state index in [4.69, 9.17) is 10.00 Å². The van der Waals surface area contributed by atoms with E-state index in [-0.39, 0.29) is 11.9 Å². The van der Waals surface area contributed by atoms with Gasteiger partial charge in [-0.3, -0.25) is 4.79 Å². The van der Waals surface area contributed by atoms with Gasteiger partial charge in [0, 0.05) is 24.0 Å². The normalized spacial score (nSPS) is 11.5. The van der Waals surface area contributed by atoms with Crippen LogP contribution in [0.3, 0.4) is 0 Å². The maximum absolute atomic E-state index is 12.2. The molecule has 1 heterocycles. The van der Waals surface area contributed by atoms with Crippen molar-refractivity contribution in [3.8, 4) is 6.07 Å². The van der Waals surface area contributed by atoms with Gasteiger partial charge in [-0.2, -0.15) is 5.26 Å². The first-order valence-corrected chi connectivity index (χ1v) is 8.51. The number of carbonyl (C=O) groups is 1. The highest BCUT2D eigenvalue weighted by Crippen LogP contribution is 2.21. The zero-order valence-electron chi connectivity index (χ0n) is 13.7. The van der Waals surface area contributed by atoms with Gasteiger partial charge in [0.05, 0.1) is 18.2 Å². The van der Waals surface area contributed by atoms with Crippen LogP contribution in [0, 0.1) is 11.3 Å². The number of benzene rings is 1. The molecule has 0 radical (unpaired) electrons. The number of hydrogen-bond donors (Lipinski definition) is 1. The fraction of sp³-hybridized carbons (Fsp3) is 0.278. The summed E-state index contributed by atoms with van der Waals surface area (Å²) in [6.07, 6.45) is 1.39. The highest BCUT2D eigenvalue weighted by atomic mass is 32.2. The Kier molecular flexibility index (Phi) is 6.79. The lowest BCUT2D eigenvalue weighted by atomic mass is 10.1. The van der Waals surface area contributed by atoms with Gasteiger partial charge in [-0.25, -0.2) is 4.98 Å². The molecule has 1 amide bonds.